The standard InChI is InChI=1S/C15H15BrN2O2/c1-9-3-6-14(12(7-9)15(17)18-19)20-11-4-5-13(16)10(2)8-11/h3-8,19H,1-2H3,(H2,17,18). The van der Waals surface area contributed by atoms with Crippen LogP contribution in [0.3, 0.4) is 0 Å². The lowest BCUT2D eigenvalue weighted by molar-refractivity contribution is 0.318. The van der Waals surface area contributed by atoms with Gasteiger partial charge in [0.25, 0.3) is 0 Å². The molecule has 0 aliphatic heterocycles. The summed E-state index contributed by atoms with van der Waals surface area (Å²) in [6.45, 7) is 3.91. The number of ether oxygens (including phenoxy) is 1. The van der Waals surface area contributed by atoms with Gasteiger partial charge in [-0.3, -0.25) is 0 Å². The molecule has 104 valence electrons. The Labute approximate surface area is 126 Å². The number of amidine groups is 1. The second kappa shape index (κ2) is 5.96. The first-order chi connectivity index (χ1) is 9.51. The minimum Gasteiger partial charge on any atom is -0.457 e. The van der Waals surface area contributed by atoms with Crippen molar-refractivity contribution in [3.05, 3.63) is 57.6 Å². The molecule has 0 heterocycles. The quantitative estimate of drug-likeness (QED) is 0.386. The average molecular weight is 335 g/mol. The Morgan fingerprint density at radius 2 is 1.95 bits per heavy atom. The van der Waals surface area contributed by atoms with Gasteiger partial charge in [0.2, 0.25) is 0 Å². The Balaban J connectivity index is 2.40. The summed E-state index contributed by atoms with van der Waals surface area (Å²) in [5.74, 6) is 1.27. The normalized spacial score (nSPS) is 11.4. The monoisotopic (exact) mass is 334 g/mol. The molecular weight excluding hydrogens is 320 g/mol. The molecule has 0 spiro atoms. The molecule has 0 radical (unpaired) electrons. The van der Waals surface area contributed by atoms with Crippen LogP contribution < -0.4 is 10.5 Å². The van der Waals surface area contributed by atoms with Gasteiger partial charge in [0.05, 0.1) is 5.56 Å². The number of rotatable bonds is 3. The van der Waals surface area contributed by atoms with E-state index in [1.165, 1.54) is 0 Å². The fourth-order valence-electron chi connectivity index (χ4n) is 1.79. The zero-order valence-corrected chi connectivity index (χ0v) is 12.8. The first-order valence-electron chi connectivity index (χ1n) is 6.04. The lowest BCUT2D eigenvalue weighted by Gasteiger charge is -2.12. The Hall–Kier alpha value is -2.01. The minimum absolute atomic E-state index is 0.0255. The van der Waals surface area contributed by atoms with Crippen LogP contribution in [-0.2, 0) is 0 Å². The second-order valence-electron chi connectivity index (χ2n) is 4.50. The van der Waals surface area contributed by atoms with E-state index < -0.39 is 0 Å². The van der Waals surface area contributed by atoms with E-state index in [-0.39, 0.29) is 5.84 Å². The number of nitrogens with two attached hydrogens (primary N) is 1. The summed E-state index contributed by atoms with van der Waals surface area (Å²) >= 11 is 3.45. The topological polar surface area (TPSA) is 67.8 Å². The van der Waals surface area contributed by atoms with Gasteiger partial charge in [-0.15, -0.1) is 0 Å². The number of benzene rings is 2. The fourth-order valence-corrected chi connectivity index (χ4v) is 2.04. The van der Waals surface area contributed by atoms with Gasteiger partial charge in [-0.05, 0) is 49.7 Å². The van der Waals surface area contributed by atoms with Crippen LogP contribution in [-0.4, -0.2) is 11.0 Å². The van der Waals surface area contributed by atoms with E-state index in [1.54, 1.807) is 6.07 Å². The molecule has 0 amide bonds. The highest BCUT2D eigenvalue weighted by Crippen LogP contribution is 2.29. The van der Waals surface area contributed by atoms with Gasteiger partial charge in [0.15, 0.2) is 5.84 Å². The second-order valence-corrected chi connectivity index (χ2v) is 5.35. The van der Waals surface area contributed by atoms with Crippen LogP contribution in [0.25, 0.3) is 0 Å². The SMILES string of the molecule is Cc1ccc(Oc2ccc(Br)c(C)c2)c(/C(N)=N/O)c1. The number of halogens is 1. The lowest BCUT2D eigenvalue weighted by Crippen LogP contribution is -2.14. The molecule has 0 aromatic heterocycles. The van der Waals surface area contributed by atoms with Crippen LogP contribution in [0.4, 0.5) is 0 Å². The lowest BCUT2D eigenvalue weighted by atomic mass is 10.1. The largest absolute Gasteiger partial charge is 0.457 e. The molecule has 0 fully saturated rings. The summed E-state index contributed by atoms with van der Waals surface area (Å²) < 4.78 is 6.85. The van der Waals surface area contributed by atoms with Crippen molar-refractivity contribution in [2.75, 3.05) is 0 Å². The summed E-state index contributed by atoms with van der Waals surface area (Å²) in [6.07, 6.45) is 0. The van der Waals surface area contributed by atoms with Crippen molar-refractivity contribution < 1.29 is 9.94 Å². The summed E-state index contributed by atoms with van der Waals surface area (Å²) in [6, 6.07) is 11.2. The number of oxime groups is 1. The van der Waals surface area contributed by atoms with Crippen molar-refractivity contribution in [1.29, 1.82) is 0 Å². The van der Waals surface area contributed by atoms with Crippen LogP contribution in [0.2, 0.25) is 0 Å². The highest BCUT2D eigenvalue weighted by atomic mass is 79.9. The van der Waals surface area contributed by atoms with E-state index in [0.717, 1.165) is 15.6 Å². The molecule has 2 rings (SSSR count). The molecule has 4 nitrogen and oxygen atoms in total. The molecule has 0 aliphatic rings. The van der Waals surface area contributed by atoms with Crippen LogP contribution in [0.5, 0.6) is 11.5 Å². The van der Waals surface area contributed by atoms with E-state index in [1.807, 2.05) is 44.2 Å². The van der Waals surface area contributed by atoms with Crippen LogP contribution in [0.15, 0.2) is 46.0 Å². The first kappa shape index (κ1) is 14.4. The van der Waals surface area contributed by atoms with Crippen molar-refractivity contribution in [3.8, 4) is 11.5 Å². The molecular formula is C15H15BrN2O2. The van der Waals surface area contributed by atoms with Crippen LogP contribution in [0, 0.1) is 13.8 Å². The van der Waals surface area contributed by atoms with Crippen LogP contribution >= 0.6 is 15.9 Å². The van der Waals surface area contributed by atoms with E-state index in [2.05, 4.69) is 21.1 Å². The van der Waals surface area contributed by atoms with Gasteiger partial charge in [-0.2, -0.15) is 0 Å². The molecule has 2 aromatic carbocycles. The summed E-state index contributed by atoms with van der Waals surface area (Å²) in [7, 11) is 0. The van der Waals surface area contributed by atoms with E-state index >= 15 is 0 Å². The molecule has 3 N–H and O–H groups in total. The van der Waals surface area contributed by atoms with Crippen molar-refractivity contribution in [3.63, 3.8) is 0 Å². The Morgan fingerprint density at radius 1 is 1.20 bits per heavy atom. The van der Waals surface area contributed by atoms with Gasteiger partial charge < -0.3 is 15.7 Å². The van der Waals surface area contributed by atoms with Crippen molar-refractivity contribution in [2.45, 2.75) is 13.8 Å². The molecule has 0 bridgehead atoms. The van der Waals surface area contributed by atoms with Crippen molar-refractivity contribution >= 4 is 21.8 Å². The number of nitrogens with zero attached hydrogens (tertiary/aromatic N) is 1. The van der Waals surface area contributed by atoms with E-state index in [0.29, 0.717) is 17.1 Å². The van der Waals surface area contributed by atoms with Gasteiger partial charge in [-0.1, -0.05) is 32.7 Å². The first-order valence-corrected chi connectivity index (χ1v) is 6.83. The Morgan fingerprint density at radius 3 is 2.60 bits per heavy atom. The maximum absolute atomic E-state index is 8.85. The molecule has 20 heavy (non-hydrogen) atoms. The van der Waals surface area contributed by atoms with Gasteiger partial charge in [-0.25, -0.2) is 0 Å². The maximum atomic E-state index is 8.85. The molecule has 0 saturated carbocycles. The highest BCUT2D eigenvalue weighted by Gasteiger charge is 2.10. The van der Waals surface area contributed by atoms with Gasteiger partial charge in [0, 0.05) is 4.47 Å². The number of aryl methyl sites for hydroxylation is 2. The summed E-state index contributed by atoms with van der Waals surface area (Å²) in [4.78, 5) is 0. The molecule has 5 heteroatoms. The predicted octanol–water partition coefficient (Wildman–Crippen LogP) is 3.95. The molecule has 0 aliphatic carbocycles. The predicted molar refractivity (Wildman–Crippen MR) is 82.6 cm³/mol. The summed E-state index contributed by atoms with van der Waals surface area (Å²) in [5, 5.41) is 11.9. The fraction of sp³-hybridized carbons (Fsp3) is 0.133. The Bertz CT molecular complexity index is 669. The van der Waals surface area contributed by atoms with Gasteiger partial charge >= 0.3 is 0 Å². The van der Waals surface area contributed by atoms with E-state index in [4.69, 9.17) is 15.7 Å². The van der Waals surface area contributed by atoms with E-state index in [9.17, 15) is 0 Å². The van der Waals surface area contributed by atoms with Gasteiger partial charge in [0.1, 0.15) is 11.5 Å². The third-order valence-corrected chi connectivity index (χ3v) is 3.77. The molecule has 2 aromatic rings. The van der Waals surface area contributed by atoms with Crippen molar-refractivity contribution in [1.82, 2.24) is 0 Å². The number of hydrogen-bond donors (Lipinski definition) is 2. The van der Waals surface area contributed by atoms with Crippen molar-refractivity contribution in [2.24, 2.45) is 10.9 Å². The zero-order valence-electron chi connectivity index (χ0n) is 11.2. The number of hydrogen-bond acceptors (Lipinski definition) is 3. The average Bonchev–Trinajstić information content (AvgIpc) is 2.44. The highest BCUT2D eigenvalue weighted by molar-refractivity contribution is 9.10. The maximum Gasteiger partial charge on any atom is 0.173 e. The smallest absolute Gasteiger partial charge is 0.173 e. The molecule has 0 atom stereocenters. The third kappa shape index (κ3) is 3.11. The summed E-state index contributed by atoms with van der Waals surface area (Å²) in [5.41, 5.74) is 8.32. The molecule has 0 saturated heterocycles. The Kier molecular flexibility index (Phi) is 4.29. The zero-order chi connectivity index (χ0) is 14.7. The third-order valence-electron chi connectivity index (χ3n) is 2.88. The van der Waals surface area contributed by atoms with Crippen LogP contribution in [0.1, 0.15) is 16.7 Å². The minimum atomic E-state index is 0.0255. The molecule has 0 unspecified atom stereocenters.